The summed E-state index contributed by atoms with van der Waals surface area (Å²) in [5.74, 6) is 0. The molecule has 0 aliphatic heterocycles. The first-order valence-electron chi connectivity index (χ1n) is 6.44. The van der Waals surface area contributed by atoms with Crippen LogP contribution in [0.5, 0.6) is 0 Å². The summed E-state index contributed by atoms with van der Waals surface area (Å²) >= 11 is 5.30. The number of rotatable bonds is 2. The van der Waals surface area contributed by atoms with E-state index in [2.05, 4.69) is 77.3 Å². The largest absolute Gasteiger partial charge is 0.330 e. The number of hydrogen-bond acceptors (Lipinski definition) is 3. The second kappa shape index (κ2) is 5.19. The van der Waals surface area contributed by atoms with Crippen LogP contribution in [0.3, 0.4) is 0 Å². The fourth-order valence-corrected chi connectivity index (χ4v) is 3.90. The number of aromatic nitrogens is 1. The molecule has 1 heterocycles. The van der Waals surface area contributed by atoms with Crippen LogP contribution in [0.15, 0.2) is 34.8 Å². The SMILES string of the molecule is Cc1cc(C)c(Nc2nc3cc(C)ccc3s2)c(Br)c1. The first-order valence-corrected chi connectivity index (χ1v) is 8.05. The Labute approximate surface area is 131 Å². The highest BCUT2D eigenvalue weighted by Gasteiger charge is 2.09. The molecule has 0 spiro atoms. The van der Waals surface area contributed by atoms with Crippen LogP contribution in [-0.2, 0) is 0 Å². The molecule has 2 aromatic carbocycles. The fraction of sp³-hybridized carbons (Fsp3) is 0.188. The molecule has 0 unspecified atom stereocenters. The minimum absolute atomic E-state index is 0.929. The van der Waals surface area contributed by atoms with Crippen LogP contribution < -0.4 is 5.32 Å². The Hall–Kier alpha value is -1.39. The van der Waals surface area contributed by atoms with E-state index in [4.69, 9.17) is 0 Å². The fourth-order valence-electron chi connectivity index (χ4n) is 2.27. The van der Waals surface area contributed by atoms with Gasteiger partial charge in [-0.2, -0.15) is 0 Å². The van der Waals surface area contributed by atoms with E-state index in [9.17, 15) is 0 Å². The molecule has 0 saturated heterocycles. The van der Waals surface area contributed by atoms with Crippen molar-refractivity contribution < 1.29 is 0 Å². The van der Waals surface area contributed by atoms with Crippen molar-refractivity contribution in [3.63, 3.8) is 0 Å². The quantitative estimate of drug-likeness (QED) is 0.641. The number of fused-ring (bicyclic) bond motifs is 1. The van der Waals surface area contributed by atoms with E-state index < -0.39 is 0 Å². The highest BCUT2D eigenvalue weighted by Crippen LogP contribution is 2.34. The molecule has 3 rings (SSSR count). The van der Waals surface area contributed by atoms with Gasteiger partial charge in [0.25, 0.3) is 0 Å². The van der Waals surface area contributed by atoms with Gasteiger partial charge in [-0.1, -0.05) is 23.5 Å². The lowest BCUT2D eigenvalue weighted by atomic mass is 10.1. The maximum absolute atomic E-state index is 4.66. The summed E-state index contributed by atoms with van der Waals surface area (Å²) in [6.45, 7) is 6.30. The maximum atomic E-state index is 4.66. The molecule has 0 aliphatic carbocycles. The summed E-state index contributed by atoms with van der Waals surface area (Å²) in [4.78, 5) is 4.66. The van der Waals surface area contributed by atoms with Crippen molar-refractivity contribution in [1.29, 1.82) is 0 Å². The maximum Gasteiger partial charge on any atom is 0.188 e. The van der Waals surface area contributed by atoms with Crippen LogP contribution in [0.25, 0.3) is 10.2 Å². The van der Waals surface area contributed by atoms with Gasteiger partial charge in [-0.05, 0) is 71.6 Å². The Bertz CT molecular complexity index is 769. The summed E-state index contributed by atoms with van der Waals surface area (Å²) in [6.07, 6.45) is 0. The van der Waals surface area contributed by atoms with Gasteiger partial charge < -0.3 is 5.32 Å². The molecular weight excluding hydrogens is 332 g/mol. The van der Waals surface area contributed by atoms with E-state index in [-0.39, 0.29) is 0 Å². The van der Waals surface area contributed by atoms with Crippen LogP contribution >= 0.6 is 27.3 Å². The Morgan fingerprint density at radius 3 is 2.60 bits per heavy atom. The van der Waals surface area contributed by atoms with Crippen LogP contribution in [0, 0.1) is 20.8 Å². The third-order valence-corrected chi connectivity index (χ3v) is 4.78. The first kappa shape index (κ1) is 13.6. The van der Waals surface area contributed by atoms with Crippen molar-refractivity contribution in [3.05, 3.63) is 51.5 Å². The van der Waals surface area contributed by atoms with Crippen molar-refractivity contribution in [2.24, 2.45) is 0 Å². The lowest BCUT2D eigenvalue weighted by Gasteiger charge is -2.10. The van der Waals surface area contributed by atoms with Crippen molar-refractivity contribution in [3.8, 4) is 0 Å². The molecular formula is C16H15BrN2S. The predicted molar refractivity (Wildman–Crippen MR) is 91.3 cm³/mol. The van der Waals surface area contributed by atoms with Gasteiger partial charge >= 0.3 is 0 Å². The number of anilines is 2. The number of aryl methyl sites for hydroxylation is 3. The lowest BCUT2D eigenvalue weighted by molar-refractivity contribution is 1.34. The van der Waals surface area contributed by atoms with E-state index in [1.165, 1.54) is 21.4 Å². The van der Waals surface area contributed by atoms with Gasteiger partial charge in [0.15, 0.2) is 5.13 Å². The van der Waals surface area contributed by atoms with Crippen LogP contribution in [0.1, 0.15) is 16.7 Å². The summed E-state index contributed by atoms with van der Waals surface area (Å²) in [5.41, 5.74) is 5.85. The predicted octanol–water partition coefficient (Wildman–Crippen LogP) is 5.73. The molecule has 0 fully saturated rings. The zero-order valence-electron chi connectivity index (χ0n) is 11.6. The molecule has 0 atom stereocenters. The number of benzene rings is 2. The minimum Gasteiger partial charge on any atom is -0.330 e. The third-order valence-electron chi connectivity index (χ3n) is 3.21. The molecule has 0 radical (unpaired) electrons. The van der Waals surface area contributed by atoms with Gasteiger partial charge in [-0.25, -0.2) is 4.98 Å². The summed E-state index contributed by atoms with van der Waals surface area (Å²) < 4.78 is 2.28. The molecule has 20 heavy (non-hydrogen) atoms. The van der Waals surface area contributed by atoms with E-state index in [0.717, 1.165) is 20.8 Å². The molecule has 2 nitrogen and oxygen atoms in total. The van der Waals surface area contributed by atoms with Gasteiger partial charge in [-0.3, -0.25) is 0 Å². The Balaban J connectivity index is 2.01. The first-order chi connectivity index (χ1) is 9.52. The summed E-state index contributed by atoms with van der Waals surface area (Å²) in [5, 5.41) is 4.37. The van der Waals surface area contributed by atoms with Crippen molar-refractivity contribution in [2.75, 3.05) is 5.32 Å². The summed E-state index contributed by atoms with van der Waals surface area (Å²) in [6, 6.07) is 10.7. The highest BCUT2D eigenvalue weighted by atomic mass is 79.9. The van der Waals surface area contributed by atoms with Crippen LogP contribution in [-0.4, -0.2) is 4.98 Å². The van der Waals surface area contributed by atoms with Crippen molar-refractivity contribution in [2.45, 2.75) is 20.8 Å². The van der Waals surface area contributed by atoms with E-state index in [1.807, 2.05) is 0 Å². The highest BCUT2D eigenvalue weighted by molar-refractivity contribution is 9.10. The smallest absolute Gasteiger partial charge is 0.188 e. The van der Waals surface area contributed by atoms with E-state index in [1.54, 1.807) is 11.3 Å². The Morgan fingerprint density at radius 1 is 1.05 bits per heavy atom. The van der Waals surface area contributed by atoms with Gasteiger partial charge in [0, 0.05) is 4.47 Å². The van der Waals surface area contributed by atoms with Gasteiger partial charge in [0.05, 0.1) is 15.9 Å². The lowest BCUT2D eigenvalue weighted by Crippen LogP contribution is -1.94. The molecule has 3 aromatic rings. The second-order valence-electron chi connectivity index (χ2n) is 5.05. The van der Waals surface area contributed by atoms with Gasteiger partial charge in [0.1, 0.15) is 0 Å². The molecule has 102 valence electrons. The van der Waals surface area contributed by atoms with Crippen LogP contribution in [0.4, 0.5) is 10.8 Å². The third kappa shape index (κ3) is 2.58. The molecule has 0 bridgehead atoms. The number of nitrogens with zero attached hydrogens (tertiary/aromatic N) is 1. The molecule has 0 aliphatic rings. The molecule has 0 saturated carbocycles. The second-order valence-corrected chi connectivity index (χ2v) is 6.94. The monoisotopic (exact) mass is 346 g/mol. The van der Waals surface area contributed by atoms with Gasteiger partial charge in [-0.15, -0.1) is 0 Å². The average molecular weight is 347 g/mol. The molecule has 4 heteroatoms. The van der Waals surface area contributed by atoms with Gasteiger partial charge in [0.2, 0.25) is 0 Å². The molecule has 0 amide bonds. The summed E-state index contributed by atoms with van der Waals surface area (Å²) in [7, 11) is 0. The standard InChI is InChI=1S/C16H15BrN2S/c1-9-4-5-14-13(8-9)18-16(20-14)19-15-11(3)6-10(2)7-12(15)17/h4-8H,1-3H3,(H,18,19). The Kier molecular flexibility index (Phi) is 3.52. The van der Waals surface area contributed by atoms with Crippen molar-refractivity contribution >= 4 is 48.3 Å². The number of nitrogens with one attached hydrogen (secondary N) is 1. The average Bonchev–Trinajstić information content (AvgIpc) is 2.75. The van der Waals surface area contributed by atoms with Crippen LogP contribution in [0.2, 0.25) is 0 Å². The zero-order chi connectivity index (χ0) is 14.3. The minimum atomic E-state index is 0.929. The molecule has 1 aromatic heterocycles. The number of hydrogen-bond donors (Lipinski definition) is 1. The Morgan fingerprint density at radius 2 is 1.85 bits per heavy atom. The zero-order valence-corrected chi connectivity index (χ0v) is 14.0. The topological polar surface area (TPSA) is 24.9 Å². The molecule has 1 N–H and O–H groups in total. The van der Waals surface area contributed by atoms with E-state index in [0.29, 0.717) is 0 Å². The number of thiazole rings is 1. The number of halogens is 1. The van der Waals surface area contributed by atoms with E-state index >= 15 is 0 Å². The van der Waals surface area contributed by atoms with Crippen molar-refractivity contribution in [1.82, 2.24) is 4.98 Å². The normalized spacial score (nSPS) is 11.0.